The Morgan fingerprint density at radius 3 is 2.18 bits per heavy atom. The molecule has 11 heteroatoms. The van der Waals surface area contributed by atoms with Crippen molar-refractivity contribution < 1.29 is 22.7 Å². The molecule has 3 rings (SSSR count). The Bertz CT molecular complexity index is 1370. The highest BCUT2D eigenvalue weighted by Crippen LogP contribution is 2.30. The van der Waals surface area contributed by atoms with Crippen LogP contribution in [0.5, 0.6) is 5.75 Å². The van der Waals surface area contributed by atoms with Crippen LogP contribution in [0.4, 0.5) is 5.69 Å². The number of methoxy groups -OCH3 is 1. The second-order valence-electron chi connectivity index (χ2n) is 8.56. The van der Waals surface area contributed by atoms with E-state index < -0.39 is 28.5 Å². The van der Waals surface area contributed by atoms with E-state index in [1.165, 1.54) is 37.3 Å². The van der Waals surface area contributed by atoms with Crippen molar-refractivity contribution in [1.82, 2.24) is 10.2 Å². The van der Waals surface area contributed by atoms with E-state index in [0.29, 0.717) is 10.8 Å². The maximum Gasteiger partial charge on any atom is 0.244 e. The third-order valence-electron chi connectivity index (χ3n) is 5.89. The molecule has 202 valence electrons. The number of anilines is 1. The first-order chi connectivity index (χ1) is 18.0. The van der Waals surface area contributed by atoms with Crippen molar-refractivity contribution in [1.29, 1.82) is 0 Å². The molecule has 0 aromatic heterocycles. The molecule has 0 bridgehead atoms. The number of sulfonamides is 1. The lowest BCUT2D eigenvalue weighted by Crippen LogP contribution is -2.52. The molecule has 0 aliphatic carbocycles. The van der Waals surface area contributed by atoms with E-state index in [4.69, 9.17) is 27.9 Å². The van der Waals surface area contributed by atoms with Gasteiger partial charge in [-0.1, -0.05) is 65.7 Å². The summed E-state index contributed by atoms with van der Waals surface area (Å²) < 4.78 is 31.7. The Hall–Kier alpha value is -3.27. The summed E-state index contributed by atoms with van der Waals surface area (Å²) in [6.45, 7) is -0.487. The largest absolute Gasteiger partial charge is 0.495 e. The summed E-state index contributed by atoms with van der Waals surface area (Å²) in [5.74, 6) is -0.585. The van der Waals surface area contributed by atoms with Gasteiger partial charge in [0.2, 0.25) is 21.8 Å². The van der Waals surface area contributed by atoms with Gasteiger partial charge in [-0.05, 0) is 41.5 Å². The highest BCUT2D eigenvalue weighted by Gasteiger charge is 2.32. The van der Waals surface area contributed by atoms with E-state index in [2.05, 4.69) is 5.32 Å². The van der Waals surface area contributed by atoms with E-state index in [0.717, 1.165) is 21.7 Å². The number of amides is 2. The molecule has 0 fully saturated rings. The van der Waals surface area contributed by atoms with Gasteiger partial charge in [-0.15, -0.1) is 0 Å². The van der Waals surface area contributed by atoms with E-state index in [9.17, 15) is 18.0 Å². The van der Waals surface area contributed by atoms with Crippen LogP contribution in [0.2, 0.25) is 10.0 Å². The van der Waals surface area contributed by atoms with Gasteiger partial charge in [0.15, 0.2) is 0 Å². The van der Waals surface area contributed by atoms with Gasteiger partial charge in [-0.25, -0.2) is 8.42 Å². The third-order valence-corrected chi connectivity index (χ3v) is 7.57. The number of benzene rings is 3. The standard InChI is InChI=1S/C27H29Cl2N3O5S/c1-30-27(34)24(15-19-7-5-4-6-8-19)31(17-20-9-11-21(28)12-10-20)26(33)18-32(38(3,35)36)22-13-14-25(37-2)23(29)16-22/h4-14,16,24H,15,17-18H2,1-3H3,(H,30,34)/t24-/m1/s1. The molecule has 0 spiro atoms. The summed E-state index contributed by atoms with van der Waals surface area (Å²) in [6.07, 6.45) is 1.23. The first-order valence-electron chi connectivity index (χ1n) is 11.6. The summed E-state index contributed by atoms with van der Waals surface area (Å²) >= 11 is 12.3. The van der Waals surface area contributed by atoms with Crippen molar-refractivity contribution in [3.8, 4) is 5.75 Å². The Labute approximate surface area is 233 Å². The van der Waals surface area contributed by atoms with Crippen LogP contribution in [-0.4, -0.2) is 58.1 Å². The van der Waals surface area contributed by atoms with Crippen molar-refractivity contribution in [2.24, 2.45) is 0 Å². The number of halogens is 2. The Balaban J connectivity index is 2.03. The number of likely N-dealkylation sites (N-methyl/N-ethyl adjacent to an activating group) is 1. The summed E-state index contributed by atoms with van der Waals surface area (Å²) in [4.78, 5) is 28.3. The fourth-order valence-electron chi connectivity index (χ4n) is 3.93. The van der Waals surface area contributed by atoms with Gasteiger partial charge in [-0.2, -0.15) is 0 Å². The van der Waals surface area contributed by atoms with Crippen LogP contribution in [0.15, 0.2) is 72.8 Å². The zero-order valence-electron chi connectivity index (χ0n) is 21.2. The summed E-state index contributed by atoms with van der Waals surface area (Å²) in [5.41, 5.74) is 1.76. The lowest BCUT2D eigenvalue weighted by atomic mass is 10.0. The molecule has 0 aliphatic heterocycles. The van der Waals surface area contributed by atoms with E-state index >= 15 is 0 Å². The minimum absolute atomic E-state index is 0.0574. The number of carbonyl (C=O) groups excluding carboxylic acids is 2. The average molecular weight is 579 g/mol. The zero-order valence-corrected chi connectivity index (χ0v) is 23.6. The molecule has 3 aromatic carbocycles. The van der Waals surface area contributed by atoms with Crippen LogP contribution in [0.1, 0.15) is 11.1 Å². The van der Waals surface area contributed by atoms with Crippen LogP contribution >= 0.6 is 23.2 Å². The summed E-state index contributed by atoms with van der Waals surface area (Å²) in [6, 6.07) is 19.7. The Morgan fingerprint density at radius 2 is 1.63 bits per heavy atom. The molecule has 0 unspecified atom stereocenters. The van der Waals surface area contributed by atoms with E-state index in [1.54, 1.807) is 24.3 Å². The first-order valence-corrected chi connectivity index (χ1v) is 14.2. The molecule has 38 heavy (non-hydrogen) atoms. The molecule has 0 aliphatic rings. The Kier molecular flexibility index (Phi) is 10.0. The van der Waals surface area contributed by atoms with Crippen molar-refractivity contribution in [2.75, 3.05) is 31.3 Å². The molecule has 0 saturated heterocycles. The minimum atomic E-state index is -3.90. The molecule has 0 saturated carbocycles. The number of carbonyl (C=O) groups is 2. The first kappa shape index (κ1) is 29.3. The van der Waals surface area contributed by atoms with Crippen LogP contribution in [0.25, 0.3) is 0 Å². The van der Waals surface area contributed by atoms with Gasteiger partial charge in [0.1, 0.15) is 18.3 Å². The number of nitrogens with zero attached hydrogens (tertiary/aromatic N) is 2. The second kappa shape index (κ2) is 13.0. The quantitative estimate of drug-likeness (QED) is 0.369. The van der Waals surface area contributed by atoms with Gasteiger partial charge in [0.25, 0.3) is 0 Å². The predicted molar refractivity (Wildman–Crippen MR) is 150 cm³/mol. The van der Waals surface area contributed by atoms with E-state index in [-0.39, 0.29) is 29.6 Å². The second-order valence-corrected chi connectivity index (χ2v) is 11.3. The SMILES string of the molecule is CNC(=O)[C@@H](Cc1ccccc1)N(Cc1ccc(Cl)cc1)C(=O)CN(c1ccc(OC)c(Cl)c1)S(C)(=O)=O. The average Bonchev–Trinajstić information content (AvgIpc) is 2.89. The van der Waals surface area contributed by atoms with Crippen LogP contribution in [0.3, 0.4) is 0 Å². The van der Waals surface area contributed by atoms with Gasteiger partial charge in [-0.3, -0.25) is 13.9 Å². The molecule has 1 N–H and O–H groups in total. The molecule has 0 radical (unpaired) electrons. The maximum absolute atomic E-state index is 13.9. The molecule has 1 atom stereocenters. The Morgan fingerprint density at radius 1 is 0.974 bits per heavy atom. The smallest absolute Gasteiger partial charge is 0.244 e. The lowest BCUT2D eigenvalue weighted by molar-refractivity contribution is -0.139. The van der Waals surface area contributed by atoms with Gasteiger partial charge in [0, 0.05) is 25.0 Å². The molecule has 3 aromatic rings. The third kappa shape index (κ3) is 7.63. The topological polar surface area (TPSA) is 96.0 Å². The highest BCUT2D eigenvalue weighted by molar-refractivity contribution is 7.92. The molecular formula is C27H29Cl2N3O5S. The molecule has 2 amide bonds. The maximum atomic E-state index is 13.9. The number of hydrogen-bond acceptors (Lipinski definition) is 5. The number of ether oxygens (including phenoxy) is 1. The van der Waals surface area contributed by atoms with E-state index in [1.807, 2.05) is 30.3 Å². The minimum Gasteiger partial charge on any atom is -0.495 e. The van der Waals surface area contributed by atoms with Gasteiger partial charge >= 0.3 is 0 Å². The predicted octanol–water partition coefficient (Wildman–Crippen LogP) is 4.15. The van der Waals surface area contributed by atoms with Crippen LogP contribution in [-0.2, 0) is 32.6 Å². The highest BCUT2D eigenvalue weighted by atomic mass is 35.5. The summed E-state index contributed by atoms with van der Waals surface area (Å²) in [5, 5.41) is 3.35. The summed E-state index contributed by atoms with van der Waals surface area (Å²) in [7, 11) is -0.966. The normalized spacial score (nSPS) is 11.9. The number of hydrogen-bond donors (Lipinski definition) is 1. The zero-order chi connectivity index (χ0) is 27.9. The van der Waals surface area contributed by atoms with Crippen molar-refractivity contribution in [3.05, 3.63) is 94.0 Å². The number of rotatable bonds is 11. The monoisotopic (exact) mass is 577 g/mol. The molecular weight excluding hydrogens is 549 g/mol. The van der Waals surface area contributed by atoms with Crippen molar-refractivity contribution in [2.45, 2.75) is 19.0 Å². The number of nitrogens with one attached hydrogen (secondary N) is 1. The lowest BCUT2D eigenvalue weighted by Gasteiger charge is -2.33. The van der Waals surface area contributed by atoms with Gasteiger partial charge in [0.05, 0.1) is 24.1 Å². The molecule has 0 heterocycles. The van der Waals surface area contributed by atoms with Crippen molar-refractivity contribution >= 4 is 50.7 Å². The fourth-order valence-corrected chi connectivity index (χ4v) is 5.15. The van der Waals surface area contributed by atoms with Gasteiger partial charge < -0.3 is 15.0 Å². The van der Waals surface area contributed by atoms with Crippen LogP contribution in [0, 0.1) is 0 Å². The fraction of sp³-hybridized carbons (Fsp3) is 0.259. The van der Waals surface area contributed by atoms with Crippen LogP contribution < -0.4 is 14.4 Å². The molecule has 8 nitrogen and oxygen atoms in total. The van der Waals surface area contributed by atoms with Crippen molar-refractivity contribution in [3.63, 3.8) is 0 Å².